The van der Waals surface area contributed by atoms with Crippen LogP contribution in [0.15, 0.2) is 72.8 Å². The molecule has 1 saturated heterocycles. The highest BCUT2D eigenvalue weighted by Crippen LogP contribution is 2.43. The molecular formula is C26H27NO3. The number of piperidine rings is 1. The number of likely N-dealkylation sites (tertiary alicyclic amines) is 1. The van der Waals surface area contributed by atoms with Crippen LogP contribution in [0.1, 0.15) is 46.7 Å². The SMILES string of the molecule is OCc1ccc2c(c1)C(N1CCC(O)(c3ccccc3)CC1)c1ccccc1CO2. The summed E-state index contributed by atoms with van der Waals surface area (Å²) in [5, 5.41) is 21.0. The first-order chi connectivity index (χ1) is 14.7. The quantitative estimate of drug-likeness (QED) is 0.693. The van der Waals surface area contributed by atoms with E-state index in [2.05, 4.69) is 35.2 Å². The monoisotopic (exact) mass is 401 g/mol. The Hall–Kier alpha value is -2.66. The van der Waals surface area contributed by atoms with E-state index < -0.39 is 5.60 Å². The largest absolute Gasteiger partial charge is 0.489 e. The van der Waals surface area contributed by atoms with Crippen molar-refractivity contribution >= 4 is 0 Å². The Bertz CT molecular complexity index is 1030. The molecule has 4 heteroatoms. The lowest BCUT2D eigenvalue weighted by molar-refractivity contribution is -0.0325. The first-order valence-corrected chi connectivity index (χ1v) is 10.6. The van der Waals surface area contributed by atoms with Crippen molar-refractivity contribution in [3.8, 4) is 5.75 Å². The van der Waals surface area contributed by atoms with Crippen LogP contribution >= 0.6 is 0 Å². The number of nitrogens with zero attached hydrogens (tertiary/aromatic N) is 1. The van der Waals surface area contributed by atoms with E-state index in [0.29, 0.717) is 19.4 Å². The van der Waals surface area contributed by atoms with Crippen LogP contribution in [0.4, 0.5) is 0 Å². The summed E-state index contributed by atoms with van der Waals surface area (Å²) in [7, 11) is 0. The van der Waals surface area contributed by atoms with E-state index in [4.69, 9.17) is 4.74 Å². The Labute approximate surface area is 177 Å². The molecule has 2 aliphatic heterocycles. The fourth-order valence-electron chi connectivity index (χ4n) is 4.88. The third-order valence-electron chi connectivity index (χ3n) is 6.59. The molecule has 154 valence electrons. The molecule has 1 fully saturated rings. The molecule has 0 amide bonds. The van der Waals surface area contributed by atoms with Gasteiger partial charge in [0.15, 0.2) is 0 Å². The highest BCUT2D eigenvalue weighted by molar-refractivity contribution is 5.48. The minimum absolute atomic E-state index is 0.00933. The Morgan fingerprint density at radius 2 is 1.63 bits per heavy atom. The van der Waals surface area contributed by atoms with E-state index in [1.807, 2.05) is 42.5 Å². The fraction of sp³-hybridized carbons (Fsp3) is 0.308. The number of benzene rings is 3. The lowest BCUT2D eigenvalue weighted by Gasteiger charge is -2.42. The second kappa shape index (κ2) is 7.88. The molecule has 3 aromatic carbocycles. The summed E-state index contributed by atoms with van der Waals surface area (Å²) in [4.78, 5) is 2.45. The summed E-state index contributed by atoms with van der Waals surface area (Å²) in [5.74, 6) is 0.872. The van der Waals surface area contributed by atoms with Crippen LogP contribution in [0.2, 0.25) is 0 Å². The van der Waals surface area contributed by atoms with E-state index in [1.54, 1.807) is 0 Å². The summed E-state index contributed by atoms with van der Waals surface area (Å²) in [6.07, 6.45) is 1.37. The van der Waals surface area contributed by atoms with Gasteiger partial charge < -0.3 is 14.9 Å². The van der Waals surface area contributed by atoms with Crippen LogP contribution in [-0.2, 0) is 18.8 Å². The molecule has 3 aromatic rings. The number of fused-ring (bicyclic) bond motifs is 2. The van der Waals surface area contributed by atoms with Gasteiger partial charge >= 0.3 is 0 Å². The molecule has 2 aliphatic rings. The van der Waals surface area contributed by atoms with Crippen molar-refractivity contribution in [2.24, 2.45) is 0 Å². The van der Waals surface area contributed by atoms with Crippen LogP contribution in [0, 0.1) is 0 Å². The van der Waals surface area contributed by atoms with Crippen molar-refractivity contribution in [3.05, 3.63) is 101 Å². The van der Waals surface area contributed by atoms with E-state index in [9.17, 15) is 10.2 Å². The zero-order valence-electron chi connectivity index (χ0n) is 17.0. The zero-order chi connectivity index (χ0) is 20.6. The topological polar surface area (TPSA) is 52.9 Å². The molecule has 2 heterocycles. The first-order valence-electron chi connectivity index (χ1n) is 10.6. The molecule has 0 aliphatic carbocycles. The minimum atomic E-state index is -0.783. The number of aliphatic hydroxyl groups excluding tert-OH is 1. The second-order valence-electron chi connectivity index (χ2n) is 8.35. The van der Waals surface area contributed by atoms with Gasteiger partial charge in [-0.1, -0.05) is 60.7 Å². The van der Waals surface area contributed by atoms with Crippen molar-refractivity contribution in [3.63, 3.8) is 0 Å². The molecule has 0 spiro atoms. The predicted octanol–water partition coefficient (Wildman–Crippen LogP) is 4.14. The molecule has 1 atom stereocenters. The Morgan fingerprint density at radius 3 is 2.40 bits per heavy atom. The van der Waals surface area contributed by atoms with Crippen molar-refractivity contribution in [1.29, 1.82) is 0 Å². The Kier molecular flexibility index (Phi) is 5.07. The van der Waals surface area contributed by atoms with Gasteiger partial charge in [-0.05, 0) is 47.2 Å². The third-order valence-corrected chi connectivity index (χ3v) is 6.59. The highest BCUT2D eigenvalue weighted by Gasteiger charge is 2.38. The van der Waals surface area contributed by atoms with Gasteiger partial charge in [0.25, 0.3) is 0 Å². The zero-order valence-corrected chi connectivity index (χ0v) is 17.0. The number of aliphatic hydroxyl groups is 2. The Morgan fingerprint density at radius 1 is 0.900 bits per heavy atom. The van der Waals surface area contributed by atoms with Gasteiger partial charge in [-0.15, -0.1) is 0 Å². The molecule has 0 bridgehead atoms. The van der Waals surface area contributed by atoms with Gasteiger partial charge in [-0.2, -0.15) is 0 Å². The summed E-state index contributed by atoms with van der Waals surface area (Å²) >= 11 is 0. The minimum Gasteiger partial charge on any atom is -0.489 e. The van der Waals surface area contributed by atoms with Gasteiger partial charge in [0.1, 0.15) is 12.4 Å². The molecular weight excluding hydrogens is 374 g/mol. The summed E-state index contributed by atoms with van der Waals surface area (Å²) in [6.45, 7) is 2.12. The van der Waals surface area contributed by atoms with Crippen LogP contribution < -0.4 is 4.74 Å². The third kappa shape index (κ3) is 3.41. The van der Waals surface area contributed by atoms with E-state index >= 15 is 0 Å². The average Bonchev–Trinajstić information content (AvgIpc) is 2.97. The summed E-state index contributed by atoms with van der Waals surface area (Å²) in [6, 6.07) is 24.5. The lowest BCUT2D eigenvalue weighted by atomic mass is 9.82. The van der Waals surface area contributed by atoms with Crippen LogP contribution in [-0.4, -0.2) is 28.2 Å². The Balaban J connectivity index is 1.51. The molecule has 0 radical (unpaired) electrons. The standard InChI is InChI=1S/C26H27NO3/c28-17-19-10-11-24-23(16-19)25(22-9-5-4-6-20(22)18-30-24)27-14-12-26(29,13-15-27)21-7-2-1-3-8-21/h1-11,16,25,28-29H,12-15,17-18H2. The van der Waals surface area contributed by atoms with E-state index in [-0.39, 0.29) is 12.6 Å². The predicted molar refractivity (Wildman–Crippen MR) is 116 cm³/mol. The highest BCUT2D eigenvalue weighted by atomic mass is 16.5. The van der Waals surface area contributed by atoms with Gasteiger partial charge in [0.05, 0.1) is 18.2 Å². The van der Waals surface area contributed by atoms with Gasteiger partial charge in [0, 0.05) is 18.7 Å². The number of rotatable bonds is 3. The van der Waals surface area contributed by atoms with Crippen LogP contribution in [0.25, 0.3) is 0 Å². The van der Waals surface area contributed by atoms with E-state index in [1.165, 1.54) is 11.1 Å². The molecule has 5 rings (SSSR count). The van der Waals surface area contributed by atoms with E-state index in [0.717, 1.165) is 35.5 Å². The molecule has 30 heavy (non-hydrogen) atoms. The normalized spacial score (nSPS) is 20.5. The van der Waals surface area contributed by atoms with Crippen molar-refractivity contribution in [2.45, 2.75) is 37.7 Å². The van der Waals surface area contributed by atoms with Crippen molar-refractivity contribution in [2.75, 3.05) is 13.1 Å². The lowest BCUT2D eigenvalue weighted by Crippen LogP contribution is -2.44. The average molecular weight is 402 g/mol. The maximum Gasteiger partial charge on any atom is 0.124 e. The summed E-state index contributed by atoms with van der Waals surface area (Å²) in [5.41, 5.74) is 4.63. The molecule has 4 nitrogen and oxygen atoms in total. The van der Waals surface area contributed by atoms with Crippen molar-refractivity contribution in [1.82, 2.24) is 4.90 Å². The molecule has 0 aromatic heterocycles. The molecule has 2 N–H and O–H groups in total. The van der Waals surface area contributed by atoms with Crippen LogP contribution in [0.5, 0.6) is 5.75 Å². The first kappa shape index (κ1) is 19.3. The van der Waals surface area contributed by atoms with Crippen LogP contribution in [0.3, 0.4) is 0 Å². The number of ether oxygens (including phenoxy) is 1. The molecule has 1 unspecified atom stereocenters. The van der Waals surface area contributed by atoms with Gasteiger partial charge in [-0.25, -0.2) is 0 Å². The van der Waals surface area contributed by atoms with Gasteiger partial charge in [0.2, 0.25) is 0 Å². The molecule has 0 saturated carbocycles. The van der Waals surface area contributed by atoms with Crippen molar-refractivity contribution < 1.29 is 14.9 Å². The maximum atomic E-state index is 11.3. The smallest absolute Gasteiger partial charge is 0.124 e. The second-order valence-corrected chi connectivity index (χ2v) is 8.35. The van der Waals surface area contributed by atoms with Gasteiger partial charge in [-0.3, -0.25) is 4.90 Å². The fourth-order valence-corrected chi connectivity index (χ4v) is 4.88. The number of hydrogen-bond acceptors (Lipinski definition) is 4. The maximum absolute atomic E-state index is 11.3. The number of hydrogen-bond donors (Lipinski definition) is 2. The summed E-state index contributed by atoms with van der Waals surface area (Å²) < 4.78 is 6.15.